The van der Waals surface area contributed by atoms with Crippen LogP contribution >= 0.6 is 11.8 Å². The first-order chi connectivity index (χ1) is 14.9. The zero-order valence-electron chi connectivity index (χ0n) is 17.7. The zero-order valence-corrected chi connectivity index (χ0v) is 18.5. The van der Waals surface area contributed by atoms with Crippen LogP contribution in [0.3, 0.4) is 0 Å². The van der Waals surface area contributed by atoms with E-state index in [2.05, 4.69) is 10.3 Å². The Kier molecular flexibility index (Phi) is 7.46. The summed E-state index contributed by atoms with van der Waals surface area (Å²) in [7, 11) is 0. The largest absolute Gasteiger partial charge is 0.462 e. The lowest BCUT2D eigenvalue weighted by atomic mass is 10.2. The molecule has 1 aliphatic rings. The number of aliphatic imine (C=N–C) groups is 1. The second kappa shape index (κ2) is 10.3. The predicted molar refractivity (Wildman–Crippen MR) is 124 cm³/mol. The first-order valence-corrected chi connectivity index (χ1v) is 11.0. The van der Waals surface area contributed by atoms with Crippen LogP contribution < -0.4 is 10.2 Å². The molecule has 2 amide bonds. The molecule has 1 saturated heterocycles. The lowest BCUT2D eigenvalue weighted by Crippen LogP contribution is -2.31. The predicted octanol–water partition coefficient (Wildman–Crippen LogP) is 4.10. The Bertz CT molecular complexity index is 974. The van der Waals surface area contributed by atoms with E-state index in [0.717, 1.165) is 5.69 Å². The number of para-hydroxylation sites is 1. The van der Waals surface area contributed by atoms with Crippen molar-refractivity contribution in [3.8, 4) is 0 Å². The van der Waals surface area contributed by atoms with Crippen LogP contribution in [-0.4, -0.2) is 40.8 Å². The summed E-state index contributed by atoms with van der Waals surface area (Å²) in [5, 5.41) is 3.25. The molecule has 0 aliphatic carbocycles. The second-order valence-electron chi connectivity index (χ2n) is 7.16. The molecule has 2 aromatic rings. The van der Waals surface area contributed by atoms with Gasteiger partial charge in [0.15, 0.2) is 5.17 Å². The lowest BCUT2D eigenvalue weighted by Gasteiger charge is -2.16. The normalized spacial score (nSPS) is 16.7. The molecule has 1 fully saturated rings. The topological polar surface area (TPSA) is 88.1 Å². The van der Waals surface area contributed by atoms with Crippen molar-refractivity contribution < 1.29 is 19.1 Å². The minimum absolute atomic E-state index is 0.0254. The summed E-state index contributed by atoms with van der Waals surface area (Å²) in [5.41, 5.74) is 1.66. The van der Waals surface area contributed by atoms with Gasteiger partial charge in [0.05, 0.1) is 17.9 Å². The minimum Gasteiger partial charge on any atom is -0.462 e. The van der Waals surface area contributed by atoms with E-state index in [1.165, 1.54) is 16.7 Å². The van der Waals surface area contributed by atoms with Crippen LogP contribution in [0.25, 0.3) is 0 Å². The SMILES string of the molecule is CCOC(=O)c1ccc(N2C(=O)CC(SC(=NC(C)C)Nc3ccccc3)C2=O)cc1. The highest BCUT2D eigenvalue weighted by Crippen LogP contribution is 2.31. The number of nitrogens with zero attached hydrogens (tertiary/aromatic N) is 2. The fraction of sp³-hybridized carbons (Fsp3) is 0.304. The van der Waals surface area contributed by atoms with E-state index in [0.29, 0.717) is 16.4 Å². The molecule has 0 radical (unpaired) electrons. The van der Waals surface area contributed by atoms with Crippen LogP contribution in [0.4, 0.5) is 11.4 Å². The van der Waals surface area contributed by atoms with Crippen molar-refractivity contribution in [1.82, 2.24) is 0 Å². The van der Waals surface area contributed by atoms with E-state index in [4.69, 9.17) is 4.74 Å². The quantitative estimate of drug-likeness (QED) is 0.315. The number of esters is 1. The number of hydrogen-bond donors (Lipinski definition) is 1. The van der Waals surface area contributed by atoms with Crippen molar-refractivity contribution in [2.24, 2.45) is 4.99 Å². The molecule has 3 rings (SSSR count). The Morgan fingerprint density at radius 3 is 2.45 bits per heavy atom. The number of amidine groups is 1. The van der Waals surface area contributed by atoms with Gasteiger partial charge in [-0.05, 0) is 57.2 Å². The van der Waals surface area contributed by atoms with Gasteiger partial charge in [-0.1, -0.05) is 30.0 Å². The molecule has 162 valence electrons. The number of anilines is 2. The van der Waals surface area contributed by atoms with E-state index in [9.17, 15) is 14.4 Å². The molecule has 1 unspecified atom stereocenters. The maximum atomic E-state index is 13.0. The minimum atomic E-state index is -0.578. The van der Waals surface area contributed by atoms with Gasteiger partial charge in [0.25, 0.3) is 0 Å². The van der Waals surface area contributed by atoms with Crippen LogP contribution in [0.5, 0.6) is 0 Å². The molecule has 0 spiro atoms. The monoisotopic (exact) mass is 439 g/mol. The van der Waals surface area contributed by atoms with E-state index in [1.54, 1.807) is 31.2 Å². The molecule has 7 nitrogen and oxygen atoms in total. The summed E-state index contributed by atoms with van der Waals surface area (Å²) in [6.45, 7) is 5.91. The third-order valence-electron chi connectivity index (χ3n) is 4.40. The average Bonchev–Trinajstić information content (AvgIpc) is 3.01. The number of carbonyl (C=O) groups is 3. The second-order valence-corrected chi connectivity index (χ2v) is 8.36. The van der Waals surface area contributed by atoms with Crippen LogP contribution in [0.2, 0.25) is 0 Å². The number of carbonyl (C=O) groups excluding carboxylic acids is 3. The van der Waals surface area contributed by atoms with Crippen molar-refractivity contribution in [2.75, 3.05) is 16.8 Å². The van der Waals surface area contributed by atoms with Crippen molar-refractivity contribution >= 4 is 46.1 Å². The fourth-order valence-electron chi connectivity index (χ4n) is 3.03. The fourth-order valence-corrected chi connectivity index (χ4v) is 4.18. The number of ether oxygens (including phenoxy) is 1. The van der Waals surface area contributed by atoms with Gasteiger partial charge in [0.1, 0.15) is 5.25 Å². The van der Waals surface area contributed by atoms with Crippen molar-refractivity contribution in [3.05, 3.63) is 60.2 Å². The summed E-state index contributed by atoms with van der Waals surface area (Å²) in [4.78, 5) is 43.2. The molecule has 1 heterocycles. The molecule has 0 aromatic heterocycles. The van der Waals surface area contributed by atoms with Gasteiger partial charge < -0.3 is 10.1 Å². The Hall–Kier alpha value is -3.13. The summed E-state index contributed by atoms with van der Waals surface area (Å²) in [5.74, 6) is -1.02. The Morgan fingerprint density at radius 2 is 1.84 bits per heavy atom. The van der Waals surface area contributed by atoms with E-state index < -0.39 is 11.2 Å². The third kappa shape index (κ3) is 5.73. The Morgan fingerprint density at radius 1 is 1.16 bits per heavy atom. The van der Waals surface area contributed by atoms with Crippen molar-refractivity contribution in [3.63, 3.8) is 0 Å². The summed E-state index contributed by atoms with van der Waals surface area (Å²) < 4.78 is 4.97. The summed E-state index contributed by atoms with van der Waals surface area (Å²) in [6.07, 6.45) is 0.0801. The van der Waals surface area contributed by atoms with E-state index in [1.807, 2.05) is 44.2 Å². The van der Waals surface area contributed by atoms with Crippen LogP contribution in [-0.2, 0) is 14.3 Å². The van der Waals surface area contributed by atoms with Crippen LogP contribution in [0.1, 0.15) is 37.6 Å². The Labute approximate surface area is 185 Å². The number of rotatable bonds is 6. The number of nitrogens with one attached hydrogen (secondary N) is 1. The van der Waals surface area contributed by atoms with Gasteiger partial charge in [0, 0.05) is 18.2 Å². The maximum Gasteiger partial charge on any atom is 0.338 e. The number of thioether (sulfide) groups is 1. The van der Waals surface area contributed by atoms with Gasteiger partial charge in [-0.2, -0.15) is 0 Å². The lowest BCUT2D eigenvalue weighted by molar-refractivity contribution is -0.121. The smallest absolute Gasteiger partial charge is 0.338 e. The van der Waals surface area contributed by atoms with Gasteiger partial charge in [-0.3, -0.25) is 14.6 Å². The molecule has 8 heteroatoms. The number of imide groups is 1. The molecule has 1 aliphatic heterocycles. The highest BCUT2D eigenvalue weighted by molar-refractivity contribution is 8.15. The van der Waals surface area contributed by atoms with Gasteiger partial charge in [0.2, 0.25) is 11.8 Å². The van der Waals surface area contributed by atoms with Crippen LogP contribution in [0.15, 0.2) is 59.6 Å². The zero-order chi connectivity index (χ0) is 22.4. The molecule has 0 bridgehead atoms. The Balaban J connectivity index is 1.74. The molecule has 1 N–H and O–H groups in total. The molecular weight excluding hydrogens is 414 g/mol. The molecular formula is C23H25N3O4S. The van der Waals surface area contributed by atoms with E-state index in [-0.39, 0.29) is 30.9 Å². The van der Waals surface area contributed by atoms with E-state index >= 15 is 0 Å². The molecule has 1 atom stereocenters. The first-order valence-electron chi connectivity index (χ1n) is 10.1. The van der Waals surface area contributed by atoms with Crippen LogP contribution in [0, 0.1) is 0 Å². The first kappa shape index (κ1) is 22.6. The number of hydrogen-bond acceptors (Lipinski definition) is 6. The number of benzene rings is 2. The number of amides is 2. The highest BCUT2D eigenvalue weighted by Gasteiger charge is 2.41. The van der Waals surface area contributed by atoms with Crippen molar-refractivity contribution in [1.29, 1.82) is 0 Å². The van der Waals surface area contributed by atoms with Gasteiger partial charge in [-0.25, -0.2) is 9.69 Å². The van der Waals surface area contributed by atoms with Gasteiger partial charge >= 0.3 is 5.97 Å². The molecule has 0 saturated carbocycles. The summed E-state index contributed by atoms with van der Waals surface area (Å²) >= 11 is 1.25. The average molecular weight is 440 g/mol. The maximum absolute atomic E-state index is 13.0. The highest BCUT2D eigenvalue weighted by atomic mass is 32.2. The molecule has 31 heavy (non-hydrogen) atoms. The van der Waals surface area contributed by atoms with Crippen molar-refractivity contribution in [2.45, 2.75) is 38.5 Å². The standard InChI is InChI=1S/C23H25N3O4S/c1-4-30-22(29)16-10-12-18(13-11-16)26-20(27)14-19(21(26)28)31-23(24-15(2)3)25-17-8-6-5-7-9-17/h5-13,15,19H,4,14H2,1-3H3,(H,24,25). The summed E-state index contributed by atoms with van der Waals surface area (Å²) in [6, 6.07) is 15.9. The van der Waals surface area contributed by atoms with Gasteiger partial charge in [-0.15, -0.1) is 0 Å². The molecule has 2 aromatic carbocycles. The third-order valence-corrected chi connectivity index (χ3v) is 5.48.